The zero-order chi connectivity index (χ0) is 12.8. The van der Waals surface area contributed by atoms with Gasteiger partial charge < -0.3 is 10.6 Å². The Morgan fingerprint density at radius 1 is 0.944 bits per heavy atom. The van der Waals surface area contributed by atoms with Gasteiger partial charge in [-0.3, -0.25) is 9.69 Å². The lowest BCUT2D eigenvalue weighted by Gasteiger charge is -2.35. The van der Waals surface area contributed by atoms with E-state index >= 15 is 0 Å². The van der Waals surface area contributed by atoms with E-state index in [1.54, 1.807) is 0 Å². The number of likely N-dealkylation sites (tertiary alicyclic amines) is 2. The van der Waals surface area contributed by atoms with E-state index in [-0.39, 0.29) is 6.04 Å². The maximum absolute atomic E-state index is 12.3. The number of carbonyl (C=O) groups is 1. The molecular weight excluding hydrogens is 226 g/mol. The van der Waals surface area contributed by atoms with Crippen molar-refractivity contribution in [2.24, 2.45) is 5.73 Å². The van der Waals surface area contributed by atoms with Crippen LogP contribution in [0.3, 0.4) is 0 Å². The van der Waals surface area contributed by atoms with Gasteiger partial charge in [-0.2, -0.15) is 0 Å². The van der Waals surface area contributed by atoms with E-state index in [1.165, 1.54) is 38.5 Å². The van der Waals surface area contributed by atoms with Crippen molar-refractivity contribution in [2.75, 3.05) is 32.7 Å². The first kappa shape index (κ1) is 13.8. The summed E-state index contributed by atoms with van der Waals surface area (Å²) in [5, 5.41) is 0. The van der Waals surface area contributed by atoms with Crippen LogP contribution in [0.15, 0.2) is 0 Å². The molecule has 1 unspecified atom stereocenters. The number of piperidine rings is 2. The summed E-state index contributed by atoms with van der Waals surface area (Å²) in [6.07, 6.45) is 8.08. The number of nitrogens with zero attached hydrogens (tertiary/aromatic N) is 2. The van der Waals surface area contributed by atoms with E-state index in [9.17, 15) is 4.79 Å². The van der Waals surface area contributed by atoms with Gasteiger partial charge in [0.15, 0.2) is 0 Å². The minimum atomic E-state index is 0.264. The second-order valence-electron chi connectivity index (χ2n) is 5.63. The minimum Gasteiger partial charge on any atom is -0.343 e. The number of hydrogen-bond donors (Lipinski definition) is 1. The lowest BCUT2D eigenvalue weighted by atomic mass is 10.0. The summed E-state index contributed by atoms with van der Waals surface area (Å²) >= 11 is 0. The van der Waals surface area contributed by atoms with E-state index in [4.69, 9.17) is 5.73 Å². The van der Waals surface area contributed by atoms with Gasteiger partial charge in [0.1, 0.15) is 0 Å². The number of amides is 1. The van der Waals surface area contributed by atoms with Crippen molar-refractivity contribution in [2.45, 2.75) is 51.0 Å². The van der Waals surface area contributed by atoms with Gasteiger partial charge >= 0.3 is 0 Å². The van der Waals surface area contributed by atoms with Gasteiger partial charge in [-0.25, -0.2) is 0 Å². The molecule has 1 atom stereocenters. The lowest BCUT2D eigenvalue weighted by Crippen LogP contribution is -2.47. The predicted molar refractivity (Wildman–Crippen MR) is 73.3 cm³/mol. The summed E-state index contributed by atoms with van der Waals surface area (Å²) in [6, 6.07) is 0.264. The summed E-state index contributed by atoms with van der Waals surface area (Å²) in [4.78, 5) is 16.7. The van der Waals surface area contributed by atoms with Crippen molar-refractivity contribution in [1.29, 1.82) is 0 Å². The topological polar surface area (TPSA) is 49.6 Å². The fraction of sp³-hybridized carbons (Fsp3) is 0.929. The average Bonchev–Trinajstić information content (AvgIpc) is 2.46. The van der Waals surface area contributed by atoms with Gasteiger partial charge in [-0.05, 0) is 45.2 Å². The number of hydrogen-bond acceptors (Lipinski definition) is 3. The average molecular weight is 253 g/mol. The zero-order valence-corrected chi connectivity index (χ0v) is 11.4. The third-order valence-corrected chi connectivity index (χ3v) is 4.30. The maximum atomic E-state index is 12.3. The van der Waals surface area contributed by atoms with Crippen molar-refractivity contribution >= 4 is 5.91 Å². The van der Waals surface area contributed by atoms with Crippen LogP contribution in [0.5, 0.6) is 0 Å². The van der Waals surface area contributed by atoms with Gasteiger partial charge in [-0.15, -0.1) is 0 Å². The van der Waals surface area contributed by atoms with Crippen molar-refractivity contribution < 1.29 is 4.79 Å². The molecule has 2 aliphatic heterocycles. The molecule has 0 bridgehead atoms. The molecule has 2 heterocycles. The molecule has 4 nitrogen and oxygen atoms in total. The van der Waals surface area contributed by atoms with Crippen molar-refractivity contribution in [3.05, 3.63) is 0 Å². The zero-order valence-electron chi connectivity index (χ0n) is 11.4. The van der Waals surface area contributed by atoms with Crippen LogP contribution in [0.2, 0.25) is 0 Å². The highest BCUT2D eigenvalue weighted by molar-refractivity contribution is 5.76. The normalized spacial score (nSPS) is 23.9. The van der Waals surface area contributed by atoms with Crippen molar-refractivity contribution in [3.8, 4) is 0 Å². The first-order valence-electron chi connectivity index (χ1n) is 7.53. The van der Waals surface area contributed by atoms with E-state index in [0.717, 1.165) is 26.2 Å². The van der Waals surface area contributed by atoms with Gasteiger partial charge in [0.05, 0.1) is 0 Å². The van der Waals surface area contributed by atoms with Crippen LogP contribution in [0.4, 0.5) is 0 Å². The van der Waals surface area contributed by atoms with Gasteiger partial charge in [-0.1, -0.05) is 6.42 Å². The lowest BCUT2D eigenvalue weighted by molar-refractivity contribution is -0.133. The Kier molecular flexibility index (Phi) is 5.45. The first-order chi connectivity index (χ1) is 8.81. The molecule has 0 radical (unpaired) electrons. The fourth-order valence-electron chi connectivity index (χ4n) is 3.12. The second-order valence-corrected chi connectivity index (χ2v) is 5.63. The highest BCUT2D eigenvalue weighted by atomic mass is 16.2. The molecule has 104 valence electrons. The molecule has 2 rings (SSSR count). The molecule has 2 aliphatic rings. The quantitative estimate of drug-likeness (QED) is 0.819. The summed E-state index contributed by atoms with van der Waals surface area (Å²) in [5.41, 5.74) is 5.87. The van der Waals surface area contributed by atoms with Crippen LogP contribution in [-0.2, 0) is 4.79 Å². The molecule has 0 spiro atoms. The highest BCUT2D eigenvalue weighted by Gasteiger charge is 2.25. The molecule has 1 amide bonds. The van der Waals surface area contributed by atoms with Crippen LogP contribution in [0.25, 0.3) is 0 Å². The second kappa shape index (κ2) is 7.10. The molecule has 0 saturated carbocycles. The largest absolute Gasteiger partial charge is 0.343 e. The van der Waals surface area contributed by atoms with Crippen LogP contribution in [0, 0.1) is 0 Å². The third-order valence-electron chi connectivity index (χ3n) is 4.30. The van der Waals surface area contributed by atoms with Crippen molar-refractivity contribution in [3.63, 3.8) is 0 Å². The Morgan fingerprint density at radius 3 is 2.06 bits per heavy atom. The SMILES string of the molecule is NCC(CC(=O)N1CCCCC1)N1CCCCC1. The Hall–Kier alpha value is -0.610. The van der Waals surface area contributed by atoms with E-state index in [1.807, 2.05) is 4.90 Å². The van der Waals surface area contributed by atoms with Gasteiger partial charge in [0, 0.05) is 32.1 Å². The molecule has 18 heavy (non-hydrogen) atoms. The molecule has 2 saturated heterocycles. The van der Waals surface area contributed by atoms with E-state index < -0.39 is 0 Å². The summed E-state index contributed by atoms with van der Waals surface area (Å²) in [7, 11) is 0. The minimum absolute atomic E-state index is 0.264. The molecular formula is C14H27N3O. The smallest absolute Gasteiger partial charge is 0.224 e. The molecule has 2 N–H and O–H groups in total. The molecule has 0 aromatic carbocycles. The van der Waals surface area contributed by atoms with Crippen LogP contribution in [0.1, 0.15) is 44.9 Å². The number of nitrogens with two attached hydrogens (primary N) is 1. The Morgan fingerprint density at radius 2 is 1.50 bits per heavy atom. The molecule has 0 aliphatic carbocycles. The maximum Gasteiger partial charge on any atom is 0.224 e. The predicted octanol–water partition coefficient (Wildman–Crippen LogP) is 1.20. The standard InChI is InChI=1S/C14H27N3O/c15-12-13(16-7-3-1-4-8-16)11-14(18)17-9-5-2-6-10-17/h13H,1-12,15H2. The fourth-order valence-corrected chi connectivity index (χ4v) is 3.12. The Bertz CT molecular complexity index is 258. The van der Waals surface area contributed by atoms with Crippen LogP contribution < -0.4 is 5.73 Å². The third kappa shape index (κ3) is 3.69. The Balaban J connectivity index is 1.82. The summed E-state index contributed by atoms with van der Waals surface area (Å²) in [5.74, 6) is 0.315. The molecule has 2 fully saturated rings. The number of rotatable bonds is 4. The van der Waals surface area contributed by atoms with E-state index in [0.29, 0.717) is 18.9 Å². The summed E-state index contributed by atoms with van der Waals surface area (Å²) < 4.78 is 0. The molecule has 4 heteroatoms. The van der Waals surface area contributed by atoms with Gasteiger partial charge in [0.25, 0.3) is 0 Å². The van der Waals surface area contributed by atoms with Crippen molar-refractivity contribution in [1.82, 2.24) is 9.80 Å². The monoisotopic (exact) mass is 253 g/mol. The first-order valence-corrected chi connectivity index (χ1v) is 7.53. The van der Waals surface area contributed by atoms with Crippen LogP contribution in [-0.4, -0.2) is 54.5 Å². The van der Waals surface area contributed by atoms with Crippen LogP contribution >= 0.6 is 0 Å². The van der Waals surface area contributed by atoms with Gasteiger partial charge in [0.2, 0.25) is 5.91 Å². The molecule has 0 aromatic rings. The highest BCUT2D eigenvalue weighted by Crippen LogP contribution is 2.16. The summed E-state index contributed by atoms with van der Waals surface area (Å²) in [6.45, 7) is 4.76. The molecule has 0 aromatic heterocycles. The Labute approximate surface area is 110 Å². The number of carbonyl (C=O) groups excluding carboxylic acids is 1. The van der Waals surface area contributed by atoms with E-state index in [2.05, 4.69) is 4.90 Å².